The van der Waals surface area contributed by atoms with Crippen LogP contribution in [0.1, 0.15) is 45.1 Å². The number of alkyl halides is 1. The Morgan fingerprint density at radius 3 is 2.60 bits per heavy atom. The Hall–Kier alpha value is -1.92. The first-order valence-corrected chi connectivity index (χ1v) is 8.96. The van der Waals surface area contributed by atoms with Crippen molar-refractivity contribution in [2.24, 2.45) is 17.8 Å². The normalized spacial score (nSPS) is 21.8. The van der Waals surface area contributed by atoms with Gasteiger partial charge >= 0.3 is 0 Å². The first-order chi connectivity index (χ1) is 11.7. The Labute approximate surface area is 148 Å². The summed E-state index contributed by atoms with van der Waals surface area (Å²) in [4.78, 5) is 26.3. The Balaban J connectivity index is 2.00. The Bertz CT molecular complexity index is 614. The third kappa shape index (κ3) is 4.58. The molecule has 1 aliphatic rings. The van der Waals surface area contributed by atoms with Crippen LogP contribution in [0.25, 0.3) is 0 Å². The van der Waals surface area contributed by atoms with Gasteiger partial charge in [0.1, 0.15) is 5.69 Å². The van der Waals surface area contributed by atoms with Crippen molar-refractivity contribution in [3.8, 4) is 0 Å². The monoisotopic (exact) mass is 352 g/mol. The summed E-state index contributed by atoms with van der Waals surface area (Å²) >= 11 is 0. The van der Waals surface area contributed by atoms with E-state index in [1.165, 1.54) is 4.90 Å². The van der Waals surface area contributed by atoms with Crippen LogP contribution in [0, 0.1) is 17.8 Å². The van der Waals surface area contributed by atoms with Crippen LogP contribution in [0.4, 0.5) is 4.39 Å². The molecule has 2 amide bonds. The smallest absolute Gasteiger partial charge is 0.269 e. The van der Waals surface area contributed by atoms with Gasteiger partial charge < -0.3 is 10.2 Å². The maximum absolute atomic E-state index is 14.0. The molecular weight excluding hydrogens is 323 g/mol. The first-order valence-electron chi connectivity index (χ1n) is 8.96. The zero-order chi connectivity index (χ0) is 18.7. The average molecular weight is 352 g/mol. The number of nitrogens with one attached hydrogen (secondary N) is 1. The second-order valence-electron chi connectivity index (χ2n) is 7.74. The van der Waals surface area contributed by atoms with Gasteiger partial charge in [0.05, 0.1) is 6.04 Å². The van der Waals surface area contributed by atoms with Crippen LogP contribution in [0.5, 0.6) is 0 Å². The molecule has 2 heterocycles. The van der Waals surface area contributed by atoms with Crippen molar-refractivity contribution >= 4 is 11.8 Å². The highest BCUT2D eigenvalue weighted by molar-refractivity contribution is 5.92. The van der Waals surface area contributed by atoms with Gasteiger partial charge in [0.25, 0.3) is 11.8 Å². The molecule has 0 saturated carbocycles. The van der Waals surface area contributed by atoms with E-state index < -0.39 is 12.1 Å². The molecule has 1 saturated heterocycles. The number of likely N-dealkylation sites (tertiary alicyclic amines) is 1. The molecule has 1 aromatic heterocycles. The molecule has 140 valence electrons. The Kier molecular flexibility index (Phi) is 6.19. The van der Waals surface area contributed by atoms with Gasteiger partial charge in [-0.25, -0.2) is 4.39 Å². The molecule has 0 aliphatic carbocycles. The fourth-order valence-corrected chi connectivity index (χ4v) is 3.05. The van der Waals surface area contributed by atoms with E-state index in [0.29, 0.717) is 31.2 Å². The van der Waals surface area contributed by atoms with E-state index in [0.717, 1.165) is 0 Å². The van der Waals surface area contributed by atoms with Crippen molar-refractivity contribution in [3.63, 3.8) is 0 Å². The van der Waals surface area contributed by atoms with Crippen LogP contribution in [0.3, 0.4) is 0 Å². The summed E-state index contributed by atoms with van der Waals surface area (Å²) in [6.07, 6.45) is 0.121. The molecule has 7 heteroatoms. The lowest BCUT2D eigenvalue weighted by molar-refractivity contribution is -0.137. The first kappa shape index (κ1) is 19.4. The van der Waals surface area contributed by atoms with Gasteiger partial charge in [-0.2, -0.15) is 5.10 Å². The molecule has 3 atom stereocenters. The maximum Gasteiger partial charge on any atom is 0.269 e. The van der Waals surface area contributed by atoms with E-state index in [-0.39, 0.29) is 23.8 Å². The highest BCUT2D eigenvalue weighted by Crippen LogP contribution is 2.20. The fraction of sp³-hybridized carbons (Fsp3) is 0.722. The fourth-order valence-electron chi connectivity index (χ4n) is 3.05. The van der Waals surface area contributed by atoms with Gasteiger partial charge in [0.2, 0.25) is 0 Å². The van der Waals surface area contributed by atoms with E-state index >= 15 is 0 Å². The molecule has 6 nitrogen and oxygen atoms in total. The lowest BCUT2D eigenvalue weighted by Gasteiger charge is -2.21. The molecule has 3 unspecified atom stereocenters. The zero-order valence-corrected chi connectivity index (χ0v) is 15.7. The van der Waals surface area contributed by atoms with E-state index in [2.05, 4.69) is 24.3 Å². The minimum atomic E-state index is -1.49. The number of rotatable bonds is 6. The minimum Gasteiger partial charge on any atom is -0.346 e. The Morgan fingerprint density at radius 2 is 2.00 bits per heavy atom. The molecule has 25 heavy (non-hydrogen) atoms. The largest absolute Gasteiger partial charge is 0.346 e. The van der Waals surface area contributed by atoms with E-state index in [4.69, 9.17) is 0 Å². The van der Waals surface area contributed by atoms with E-state index in [1.807, 2.05) is 6.92 Å². The topological polar surface area (TPSA) is 67.2 Å². The van der Waals surface area contributed by atoms with E-state index in [9.17, 15) is 14.0 Å². The quantitative estimate of drug-likeness (QED) is 0.853. The molecule has 0 spiro atoms. The Morgan fingerprint density at radius 1 is 1.32 bits per heavy atom. The molecule has 0 radical (unpaired) electrons. The summed E-state index contributed by atoms with van der Waals surface area (Å²) in [5.74, 6) is -0.577. The van der Waals surface area contributed by atoms with Crippen molar-refractivity contribution in [1.82, 2.24) is 20.0 Å². The standard InChI is InChI=1S/C18H29FN4O2/c1-11(2)8-23-15(6-7-20-23)17(24)21-14-10-22(9-13(14)5)18(25)16(19)12(3)4/h6-7,11-14,16H,8-10H2,1-5H3,(H,21,24). The summed E-state index contributed by atoms with van der Waals surface area (Å²) < 4.78 is 15.7. The molecule has 1 fully saturated rings. The van der Waals surface area contributed by atoms with Crippen LogP contribution in [-0.2, 0) is 11.3 Å². The van der Waals surface area contributed by atoms with Gasteiger partial charge in [-0.1, -0.05) is 34.6 Å². The number of hydrogen-bond donors (Lipinski definition) is 1. The molecule has 1 aromatic rings. The number of carbonyl (C=O) groups is 2. The molecular formula is C18H29FN4O2. The number of carbonyl (C=O) groups excluding carboxylic acids is 2. The number of nitrogens with zero attached hydrogens (tertiary/aromatic N) is 3. The summed E-state index contributed by atoms with van der Waals surface area (Å²) in [5, 5.41) is 7.18. The van der Waals surface area contributed by atoms with Crippen molar-refractivity contribution in [2.75, 3.05) is 13.1 Å². The van der Waals surface area contributed by atoms with Gasteiger partial charge in [-0.3, -0.25) is 14.3 Å². The third-order valence-corrected chi connectivity index (χ3v) is 4.55. The van der Waals surface area contributed by atoms with Crippen molar-refractivity contribution in [1.29, 1.82) is 0 Å². The number of amides is 2. The minimum absolute atomic E-state index is 0.0775. The summed E-state index contributed by atoms with van der Waals surface area (Å²) in [5.41, 5.74) is 0.510. The van der Waals surface area contributed by atoms with Crippen LogP contribution in [0.15, 0.2) is 12.3 Å². The molecule has 2 rings (SSSR count). The molecule has 1 N–H and O–H groups in total. The average Bonchev–Trinajstić information content (AvgIpc) is 3.12. The maximum atomic E-state index is 14.0. The lowest BCUT2D eigenvalue weighted by atomic mass is 10.1. The van der Waals surface area contributed by atoms with Crippen molar-refractivity contribution in [3.05, 3.63) is 18.0 Å². The van der Waals surface area contributed by atoms with Crippen LogP contribution >= 0.6 is 0 Å². The van der Waals surface area contributed by atoms with Gasteiger partial charge in [-0.15, -0.1) is 0 Å². The van der Waals surface area contributed by atoms with Crippen LogP contribution in [0.2, 0.25) is 0 Å². The lowest BCUT2D eigenvalue weighted by Crippen LogP contribution is -2.43. The predicted molar refractivity (Wildman–Crippen MR) is 93.8 cm³/mol. The van der Waals surface area contributed by atoms with Gasteiger partial charge in [0, 0.05) is 25.8 Å². The van der Waals surface area contributed by atoms with Crippen molar-refractivity contribution < 1.29 is 14.0 Å². The summed E-state index contributed by atoms with van der Waals surface area (Å²) in [6.45, 7) is 10.9. The molecule has 0 aromatic carbocycles. The number of hydrogen-bond acceptors (Lipinski definition) is 3. The summed E-state index contributed by atoms with van der Waals surface area (Å²) in [6, 6.07) is 1.51. The number of halogens is 1. The number of aromatic nitrogens is 2. The summed E-state index contributed by atoms with van der Waals surface area (Å²) in [7, 11) is 0. The van der Waals surface area contributed by atoms with E-state index in [1.54, 1.807) is 30.8 Å². The molecule has 0 bridgehead atoms. The highest BCUT2D eigenvalue weighted by atomic mass is 19.1. The third-order valence-electron chi connectivity index (χ3n) is 4.55. The molecule has 1 aliphatic heterocycles. The van der Waals surface area contributed by atoms with Crippen LogP contribution < -0.4 is 5.32 Å². The van der Waals surface area contributed by atoms with Gasteiger partial charge in [0.15, 0.2) is 6.17 Å². The van der Waals surface area contributed by atoms with Crippen LogP contribution in [-0.4, -0.2) is 51.8 Å². The second kappa shape index (κ2) is 7.97. The second-order valence-corrected chi connectivity index (χ2v) is 7.74. The van der Waals surface area contributed by atoms with Crippen molar-refractivity contribution in [2.45, 2.75) is 53.4 Å². The zero-order valence-electron chi connectivity index (χ0n) is 15.7. The highest BCUT2D eigenvalue weighted by Gasteiger charge is 2.37. The van der Waals surface area contributed by atoms with Gasteiger partial charge in [-0.05, 0) is 23.8 Å². The SMILES string of the molecule is CC(C)Cn1nccc1C(=O)NC1CN(C(=O)C(F)C(C)C)CC1C. The predicted octanol–water partition coefficient (Wildman–Crippen LogP) is 2.11.